The van der Waals surface area contributed by atoms with Crippen LogP contribution in [0, 0.1) is 11.8 Å². The van der Waals surface area contributed by atoms with Crippen molar-refractivity contribution in [2.75, 3.05) is 49.6 Å². The predicted octanol–water partition coefficient (Wildman–Crippen LogP) is 1.83. The summed E-state index contributed by atoms with van der Waals surface area (Å²) in [5.74, 6) is 1.36. The Hall–Kier alpha value is -1.96. The molecule has 7 nitrogen and oxygen atoms in total. The van der Waals surface area contributed by atoms with Crippen molar-refractivity contribution in [2.24, 2.45) is 17.6 Å². The van der Waals surface area contributed by atoms with Crippen molar-refractivity contribution in [3.63, 3.8) is 0 Å². The van der Waals surface area contributed by atoms with E-state index >= 15 is 0 Å². The first-order valence-corrected chi connectivity index (χ1v) is 10.9. The highest BCUT2D eigenvalue weighted by Gasteiger charge is 2.33. The summed E-state index contributed by atoms with van der Waals surface area (Å²) >= 11 is 0. The van der Waals surface area contributed by atoms with Gasteiger partial charge in [-0.1, -0.05) is 6.42 Å². The van der Waals surface area contributed by atoms with Crippen LogP contribution in [0.5, 0.6) is 0 Å². The van der Waals surface area contributed by atoms with Crippen LogP contribution in [0.2, 0.25) is 0 Å². The third-order valence-corrected chi connectivity index (χ3v) is 6.31. The van der Waals surface area contributed by atoms with Gasteiger partial charge >= 0.3 is 0 Å². The number of benzene rings is 1. The van der Waals surface area contributed by atoms with Crippen molar-refractivity contribution >= 4 is 23.2 Å². The van der Waals surface area contributed by atoms with Gasteiger partial charge in [0.25, 0.3) is 5.91 Å². The minimum atomic E-state index is -0.295. The molecule has 3 N–H and O–H groups in total. The van der Waals surface area contributed by atoms with Crippen molar-refractivity contribution in [1.29, 1.82) is 0 Å². The van der Waals surface area contributed by atoms with E-state index in [1.54, 1.807) is 4.90 Å². The Morgan fingerprint density at radius 1 is 1.17 bits per heavy atom. The van der Waals surface area contributed by atoms with E-state index in [1.165, 1.54) is 32.1 Å². The standard InChI is InChI=1S/C22H32N4O3/c23-12-20(25(14-17-4-5-17)13-16-2-1-3-16)22(28)24-18-6-8-19(9-7-18)26-10-11-29-15-21(26)27/h6-9,16-17,20H,1-5,10-15,23H2,(H,24,28)/t20-/m1/s1. The number of rotatable bonds is 9. The van der Waals surface area contributed by atoms with Gasteiger partial charge in [-0.25, -0.2) is 0 Å². The summed E-state index contributed by atoms with van der Waals surface area (Å²) < 4.78 is 5.18. The average Bonchev–Trinajstić information content (AvgIpc) is 3.50. The number of anilines is 2. The van der Waals surface area contributed by atoms with Crippen LogP contribution in [-0.2, 0) is 14.3 Å². The molecule has 1 saturated heterocycles. The summed E-state index contributed by atoms with van der Waals surface area (Å²) in [6.07, 6.45) is 6.37. The Kier molecular flexibility index (Phi) is 6.47. The molecule has 1 aliphatic heterocycles. The average molecular weight is 401 g/mol. The van der Waals surface area contributed by atoms with Crippen LogP contribution in [0.15, 0.2) is 24.3 Å². The normalized spacial score (nSPS) is 21.2. The molecule has 3 aliphatic rings. The first-order valence-electron chi connectivity index (χ1n) is 10.9. The fourth-order valence-electron chi connectivity index (χ4n) is 4.13. The molecule has 1 atom stereocenters. The fraction of sp³-hybridized carbons (Fsp3) is 0.636. The summed E-state index contributed by atoms with van der Waals surface area (Å²) in [5, 5.41) is 3.03. The molecule has 0 aromatic heterocycles. The molecule has 3 fully saturated rings. The van der Waals surface area contributed by atoms with E-state index in [1.807, 2.05) is 24.3 Å². The molecule has 0 spiro atoms. The van der Waals surface area contributed by atoms with Crippen molar-refractivity contribution in [3.8, 4) is 0 Å². The van der Waals surface area contributed by atoms with Gasteiger partial charge < -0.3 is 20.7 Å². The van der Waals surface area contributed by atoms with Gasteiger partial charge in [-0.3, -0.25) is 14.5 Å². The lowest BCUT2D eigenvalue weighted by Crippen LogP contribution is -2.51. The van der Waals surface area contributed by atoms with Crippen molar-refractivity contribution < 1.29 is 14.3 Å². The second-order valence-corrected chi connectivity index (χ2v) is 8.58. The maximum Gasteiger partial charge on any atom is 0.253 e. The Morgan fingerprint density at radius 3 is 2.41 bits per heavy atom. The Labute approximate surface area is 172 Å². The minimum Gasteiger partial charge on any atom is -0.370 e. The van der Waals surface area contributed by atoms with E-state index in [4.69, 9.17) is 10.5 Å². The van der Waals surface area contributed by atoms with Gasteiger partial charge in [-0.15, -0.1) is 0 Å². The van der Waals surface area contributed by atoms with E-state index in [2.05, 4.69) is 10.2 Å². The van der Waals surface area contributed by atoms with E-state index in [-0.39, 0.29) is 24.5 Å². The SMILES string of the molecule is NC[C@H](C(=O)Nc1ccc(N2CCOCC2=O)cc1)N(CC1CCC1)CC1CC1. The lowest BCUT2D eigenvalue weighted by atomic mass is 9.84. The molecular formula is C22H32N4O3. The highest BCUT2D eigenvalue weighted by Crippen LogP contribution is 2.33. The van der Waals surface area contributed by atoms with Gasteiger partial charge in [-0.05, 0) is 61.8 Å². The second-order valence-electron chi connectivity index (χ2n) is 8.58. The monoisotopic (exact) mass is 400 g/mol. The van der Waals surface area contributed by atoms with Gasteiger partial charge in [0.2, 0.25) is 5.91 Å². The lowest BCUT2D eigenvalue weighted by molar-refractivity contribution is -0.125. The highest BCUT2D eigenvalue weighted by atomic mass is 16.5. The smallest absolute Gasteiger partial charge is 0.253 e. The summed E-state index contributed by atoms with van der Waals surface area (Å²) in [4.78, 5) is 29.0. The number of nitrogens with two attached hydrogens (primary N) is 1. The van der Waals surface area contributed by atoms with Crippen LogP contribution in [0.1, 0.15) is 32.1 Å². The highest BCUT2D eigenvalue weighted by molar-refractivity contribution is 5.97. The molecule has 2 aliphatic carbocycles. The summed E-state index contributed by atoms with van der Waals surface area (Å²) in [6, 6.07) is 7.14. The maximum atomic E-state index is 13.0. The third kappa shape index (κ3) is 5.15. The molecular weight excluding hydrogens is 368 g/mol. The molecule has 1 heterocycles. The number of carbonyl (C=O) groups excluding carboxylic acids is 2. The molecule has 0 unspecified atom stereocenters. The van der Waals surface area contributed by atoms with Gasteiger partial charge in [0.05, 0.1) is 6.61 Å². The van der Waals surface area contributed by atoms with Crippen LogP contribution in [0.25, 0.3) is 0 Å². The summed E-state index contributed by atoms with van der Waals surface area (Å²) in [7, 11) is 0. The number of ether oxygens (including phenoxy) is 1. The Balaban J connectivity index is 1.38. The molecule has 2 amide bonds. The zero-order valence-corrected chi connectivity index (χ0v) is 17.0. The Bertz CT molecular complexity index is 715. The third-order valence-electron chi connectivity index (χ3n) is 6.31. The first kappa shape index (κ1) is 20.3. The lowest BCUT2D eigenvalue weighted by Gasteiger charge is -2.36. The molecule has 29 heavy (non-hydrogen) atoms. The van der Waals surface area contributed by atoms with Crippen LogP contribution < -0.4 is 16.0 Å². The van der Waals surface area contributed by atoms with Crippen molar-refractivity contribution in [3.05, 3.63) is 24.3 Å². The molecule has 2 saturated carbocycles. The number of hydrogen-bond donors (Lipinski definition) is 2. The van der Waals surface area contributed by atoms with Crippen LogP contribution in [0.3, 0.4) is 0 Å². The van der Waals surface area contributed by atoms with Gasteiger partial charge in [0.1, 0.15) is 12.6 Å². The number of hydrogen-bond acceptors (Lipinski definition) is 5. The second kappa shape index (κ2) is 9.24. The maximum absolute atomic E-state index is 13.0. The number of carbonyl (C=O) groups is 2. The molecule has 158 valence electrons. The zero-order chi connectivity index (χ0) is 20.2. The van der Waals surface area contributed by atoms with Gasteiger partial charge in [0, 0.05) is 37.6 Å². The first-order chi connectivity index (χ1) is 14.1. The number of morpholine rings is 1. The Morgan fingerprint density at radius 2 is 1.86 bits per heavy atom. The number of nitrogens with one attached hydrogen (secondary N) is 1. The molecule has 7 heteroatoms. The molecule has 1 aromatic rings. The van der Waals surface area contributed by atoms with Crippen molar-refractivity contribution in [2.45, 2.75) is 38.1 Å². The van der Waals surface area contributed by atoms with Gasteiger partial charge in [-0.2, -0.15) is 0 Å². The molecule has 0 radical (unpaired) electrons. The summed E-state index contributed by atoms with van der Waals surface area (Å²) in [5.41, 5.74) is 7.59. The number of amides is 2. The summed E-state index contributed by atoms with van der Waals surface area (Å²) in [6.45, 7) is 3.49. The minimum absolute atomic E-state index is 0.0389. The zero-order valence-electron chi connectivity index (χ0n) is 17.0. The quantitative estimate of drug-likeness (QED) is 0.660. The van der Waals surface area contributed by atoms with Crippen LogP contribution in [0.4, 0.5) is 11.4 Å². The van der Waals surface area contributed by atoms with Crippen molar-refractivity contribution in [1.82, 2.24) is 4.90 Å². The number of nitrogens with zero attached hydrogens (tertiary/aromatic N) is 2. The van der Waals surface area contributed by atoms with Crippen LogP contribution >= 0.6 is 0 Å². The fourth-order valence-corrected chi connectivity index (χ4v) is 4.13. The van der Waals surface area contributed by atoms with Gasteiger partial charge in [0.15, 0.2) is 0 Å². The van der Waals surface area contributed by atoms with E-state index in [0.717, 1.165) is 30.4 Å². The predicted molar refractivity (Wildman–Crippen MR) is 113 cm³/mol. The largest absolute Gasteiger partial charge is 0.370 e. The molecule has 0 bridgehead atoms. The van der Waals surface area contributed by atoms with Crippen LogP contribution in [-0.4, -0.2) is 62.1 Å². The van der Waals surface area contributed by atoms with E-state index < -0.39 is 0 Å². The van der Waals surface area contributed by atoms with E-state index in [9.17, 15) is 9.59 Å². The molecule has 4 rings (SSSR count). The molecule has 1 aromatic carbocycles. The van der Waals surface area contributed by atoms with E-state index in [0.29, 0.717) is 25.6 Å². The topological polar surface area (TPSA) is 87.9 Å².